The second-order valence-corrected chi connectivity index (χ2v) is 6.04. The first-order chi connectivity index (χ1) is 12.1. The Morgan fingerprint density at radius 1 is 1.20 bits per heavy atom. The number of rotatable bonds is 5. The zero-order valence-corrected chi connectivity index (χ0v) is 14.4. The van der Waals surface area contributed by atoms with E-state index in [1.807, 2.05) is 26.0 Å². The second-order valence-electron chi connectivity index (χ2n) is 6.04. The predicted octanol–water partition coefficient (Wildman–Crippen LogP) is 2.61. The Kier molecular flexibility index (Phi) is 5.19. The van der Waals surface area contributed by atoms with E-state index in [1.54, 1.807) is 17.0 Å². The minimum atomic E-state index is -0.0344. The Morgan fingerprint density at radius 2 is 1.88 bits per heavy atom. The van der Waals surface area contributed by atoms with Crippen LogP contribution in [0.3, 0.4) is 0 Å². The second kappa shape index (κ2) is 7.53. The van der Waals surface area contributed by atoms with Crippen molar-refractivity contribution in [2.75, 3.05) is 32.9 Å². The Hall–Kier alpha value is -2.60. The van der Waals surface area contributed by atoms with Gasteiger partial charge in [-0.15, -0.1) is 0 Å². The summed E-state index contributed by atoms with van der Waals surface area (Å²) in [4.78, 5) is 24.7. The van der Waals surface area contributed by atoms with E-state index in [1.165, 1.54) is 0 Å². The van der Waals surface area contributed by atoms with Crippen LogP contribution in [0.15, 0.2) is 28.7 Å². The van der Waals surface area contributed by atoms with Gasteiger partial charge in [0, 0.05) is 18.7 Å². The summed E-state index contributed by atoms with van der Waals surface area (Å²) in [5.41, 5.74) is 2.69. The molecule has 1 aliphatic heterocycles. The standard InChI is InChI=1S/C19H21NO5/c1-13-9-15(17-4-3-16(11-21)25-17)10-14(2)19(13)24-12-18(22)20-5-7-23-8-6-20/h3-4,9-11H,5-8,12H2,1-2H3. The van der Waals surface area contributed by atoms with Crippen molar-refractivity contribution in [1.29, 1.82) is 0 Å². The van der Waals surface area contributed by atoms with Gasteiger partial charge in [0.2, 0.25) is 0 Å². The maximum atomic E-state index is 12.2. The van der Waals surface area contributed by atoms with Crippen molar-refractivity contribution in [1.82, 2.24) is 4.90 Å². The molecule has 0 radical (unpaired) electrons. The molecule has 1 aliphatic rings. The molecule has 6 heteroatoms. The van der Waals surface area contributed by atoms with Gasteiger partial charge in [-0.1, -0.05) is 0 Å². The van der Waals surface area contributed by atoms with Crippen LogP contribution in [0.1, 0.15) is 21.7 Å². The number of hydrogen-bond acceptors (Lipinski definition) is 5. The molecule has 0 unspecified atom stereocenters. The number of aryl methyl sites for hydroxylation is 2. The monoisotopic (exact) mass is 343 g/mol. The van der Waals surface area contributed by atoms with Crippen molar-refractivity contribution in [2.45, 2.75) is 13.8 Å². The molecule has 1 fully saturated rings. The topological polar surface area (TPSA) is 69.0 Å². The number of hydrogen-bond donors (Lipinski definition) is 0. The lowest BCUT2D eigenvalue weighted by molar-refractivity contribution is -0.137. The highest BCUT2D eigenvalue weighted by molar-refractivity contribution is 5.78. The molecule has 0 aliphatic carbocycles. The van der Waals surface area contributed by atoms with Crippen LogP contribution in [-0.4, -0.2) is 50.0 Å². The molecule has 2 heterocycles. The quantitative estimate of drug-likeness (QED) is 0.781. The van der Waals surface area contributed by atoms with Crippen LogP contribution in [0.2, 0.25) is 0 Å². The van der Waals surface area contributed by atoms with Crippen LogP contribution >= 0.6 is 0 Å². The third-order valence-electron chi connectivity index (χ3n) is 4.19. The molecular formula is C19H21NO5. The zero-order chi connectivity index (χ0) is 17.8. The first-order valence-corrected chi connectivity index (χ1v) is 8.23. The highest BCUT2D eigenvalue weighted by Crippen LogP contribution is 2.31. The molecule has 132 valence electrons. The largest absolute Gasteiger partial charge is 0.483 e. The summed E-state index contributed by atoms with van der Waals surface area (Å²) in [6.07, 6.45) is 0.679. The lowest BCUT2D eigenvalue weighted by Gasteiger charge is -2.27. The van der Waals surface area contributed by atoms with Crippen molar-refractivity contribution < 1.29 is 23.5 Å². The summed E-state index contributed by atoms with van der Waals surface area (Å²) in [6.45, 7) is 6.22. The molecule has 0 bridgehead atoms. The van der Waals surface area contributed by atoms with Gasteiger partial charge in [-0.25, -0.2) is 0 Å². The third kappa shape index (κ3) is 3.91. The summed E-state index contributed by atoms with van der Waals surface area (Å²) in [5.74, 6) is 1.59. The lowest BCUT2D eigenvalue weighted by Crippen LogP contribution is -2.43. The minimum Gasteiger partial charge on any atom is -0.483 e. The molecule has 1 saturated heterocycles. The van der Waals surface area contributed by atoms with E-state index in [2.05, 4.69) is 0 Å². The van der Waals surface area contributed by atoms with Gasteiger partial charge >= 0.3 is 0 Å². The van der Waals surface area contributed by atoms with Crippen molar-refractivity contribution in [2.24, 2.45) is 0 Å². The maximum Gasteiger partial charge on any atom is 0.260 e. The Morgan fingerprint density at radius 3 is 2.48 bits per heavy atom. The number of furan rings is 1. The molecule has 0 spiro atoms. The molecule has 2 aromatic rings. The third-order valence-corrected chi connectivity index (χ3v) is 4.19. The summed E-state index contributed by atoms with van der Waals surface area (Å²) in [5, 5.41) is 0. The van der Waals surface area contributed by atoms with Crippen molar-refractivity contribution in [3.63, 3.8) is 0 Å². The van der Waals surface area contributed by atoms with Crippen LogP contribution in [0, 0.1) is 13.8 Å². The van der Waals surface area contributed by atoms with Gasteiger partial charge in [-0.2, -0.15) is 0 Å². The fraction of sp³-hybridized carbons (Fsp3) is 0.368. The van der Waals surface area contributed by atoms with E-state index in [4.69, 9.17) is 13.9 Å². The number of carbonyl (C=O) groups excluding carboxylic acids is 2. The van der Waals surface area contributed by atoms with E-state index < -0.39 is 0 Å². The first-order valence-electron chi connectivity index (χ1n) is 8.23. The normalized spacial score (nSPS) is 14.4. The van der Waals surface area contributed by atoms with E-state index >= 15 is 0 Å². The average molecular weight is 343 g/mol. The van der Waals surface area contributed by atoms with Crippen molar-refractivity contribution >= 4 is 12.2 Å². The Labute approximate surface area is 146 Å². The lowest BCUT2D eigenvalue weighted by atomic mass is 10.0. The van der Waals surface area contributed by atoms with Gasteiger partial charge in [0.1, 0.15) is 11.5 Å². The first kappa shape index (κ1) is 17.2. The summed E-state index contributed by atoms with van der Waals surface area (Å²) in [6, 6.07) is 7.25. The Balaban J connectivity index is 1.71. The van der Waals surface area contributed by atoms with Gasteiger partial charge in [-0.3, -0.25) is 9.59 Å². The molecule has 0 N–H and O–H groups in total. The predicted molar refractivity (Wildman–Crippen MR) is 91.9 cm³/mol. The smallest absolute Gasteiger partial charge is 0.260 e. The van der Waals surface area contributed by atoms with Crippen molar-refractivity contribution in [3.8, 4) is 17.1 Å². The average Bonchev–Trinajstić information content (AvgIpc) is 3.10. The molecule has 1 aromatic carbocycles. The number of morpholine rings is 1. The molecule has 6 nitrogen and oxygen atoms in total. The number of carbonyl (C=O) groups is 2. The van der Waals surface area contributed by atoms with E-state index in [0.29, 0.717) is 49.9 Å². The summed E-state index contributed by atoms with van der Waals surface area (Å²) < 4.78 is 16.5. The highest BCUT2D eigenvalue weighted by atomic mass is 16.5. The van der Waals surface area contributed by atoms with Gasteiger partial charge in [-0.05, 0) is 49.2 Å². The summed E-state index contributed by atoms with van der Waals surface area (Å²) >= 11 is 0. The van der Waals surface area contributed by atoms with Crippen molar-refractivity contribution in [3.05, 3.63) is 41.2 Å². The Bertz CT molecular complexity index is 751. The maximum absolute atomic E-state index is 12.2. The van der Waals surface area contributed by atoms with Gasteiger partial charge < -0.3 is 18.8 Å². The van der Waals surface area contributed by atoms with Gasteiger partial charge in [0.15, 0.2) is 18.7 Å². The molecule has 3 rings (SSSR count). The van der Waals surface area contributed by atoms with Gasteiger partial charge in [0.25, 0.3) is 5.91 Å². The molecule has 1 amide bonds. The van der Waals surface area contributed by atoms with Gasteiger partial charge in [0.05, 0.1) is 13.2 Å². The fourth-order valence-corrected chi connectivity index (χ4v) is 2.93. The van der Waals surface area contributed by atoms with E-state index in [9.17, 15) is 9.59 Å². The molecular weight excluding hydrogens is 322 g/mol. The minimum absolute atomic E-state index is 0.0110. The number of ether oxygens (including phenoxy) is 2. The van der Waals surface area contributed by atoms with E-state index in [0.717, 1.165) is 16.7 Å². The van der Waals surface area contributed by atoms with Crippen LogP contribution in [-0.2, 0) is 9.53 Å². The molecule has 0 saturated carbocycles. The number of aldehydes is 1. The number of nitrogens with zero attached hydrogens (tertiary/aromatic N) is 1. The molecule has 1 aromatic heterocycles. The summed E-state index contributed by atoms with van der Waals surface area (Å²) in [7, 11) is 0. The zero-order valence-electron chi connectivity index (χ0n) is 14.4. The number of benzene rings is 1. The SMILES string of the molecule is Cc1cc(-c2ccc(C=O)o2)cc(C)c1OCC(=O)N1CCOCC1. The van der Waals surface area contributed by atoms with Crippen LogP contribution < -0.4 is 4.74 Å². The highest BCUT2D eigenvalue weighted by Gasteiger charge is 2.18. The van der Waals surface area contributed by atoms with E-state index in [-0.39, 0.29) is 12.5 Å². The van der Waals surface area contributed by atoms with Crippen LogP contribution in [0.25, 0.3) is 11.3 Å². The molecule has 0 atom stereocenters. The number of amides is 1. The fourth-order valence-electron chi connectivity index (χ4n) is 2.93. The van der Waals surface area contributed by atoms with Crippen LogP contribution in [0.5, 0.6) is 5.75 Å². The molecule has 25 heavy (non-hydrogen) atoms. The van der Waals surface area contributed by atoms with Crippen LogP contribution in [0.4, 0.5) is 0 Å².